The van der Waals surface area contributed by atoms with Gasteiger partial charge in [0.05, 0.1) is 5.69 Å². The molecule has 3 N–H and O–H groups in total. The minimum Gasteiger partial charge on any atom is -0.479 e. The number of nitrogens with zero attached hydrogens (tertiary/aromatic N) is 1. The van der Waals surface area contributed by atoms with E-state index in [1.165, 1.54) is 0 Å². The lowest BCUT2D eigenvalue weighted by molar-refractivity contribution is -0.136. The molecule has 31 heavy (non-hydrogen) atoms. The molecule has 2 heterocycles. The van der Waals surface area contributed by atoms with Gasteiger partial charge in [-0.05, 0) is 55.7 Å². The van der Waals surface area contributed by atoms with Crippen molar-refractivity contribution in [3.8, 4) is 5.75 Å². The molecule has 166 valence electrons. The summed E-state index contributed by atoms with van der Waals surface area (Å²) in [5.74, 6) is -0.315. The molecule has 9 nitrogen and oxygen atoms in total. The molecule has 0 bridgehead atoms. The number of rotatable bonds is 3. The summed E-state index contributed by atoms with van der Waals surface area (Å²) in [5.41, 5.74) is -0.140. The predicted molar refractivity (Wildman–Crippen MR) is 114 cm³/mol. The minimum atomic E-state index is -0.942. The highest BCUT2D eigenvalue weighted by molar-refractivity contribution is 6.10. The zero-order chi connectivity index (χ0) is 22.6. The fourth-order valence-electron chi connectivity index (χ4n) is 5.28. The number of carbonyl (C=O) groups excluding carboxylic acids is 4. The lowest BCUT2D eigenvalue weighted by Gasteiger charge is -2.43. The van der Waals surface area contributed by atoms with Crippen molar-refractivity contribution in [2.75, 3.05) is 17.2 Å². The number of hydrogen-bond acceptors (Lipinski definition) is 5. The zero-order valence-corrected chi connectivity index (χ0v) is 18.2. The van der Waals surface area contributed by atoms with Crippen molar-refractivity contribution in [3.05, 3.63) is 18.2 Å². The highest BCUT2D eigenvalue weighted by atomic mass is 16.5. The predicted octanol–water partition coefficient (Wildman–Crippen LogP) is 2.48. The maximum atomic E-state index is 13.2. The average molecular weight is 428 g/mol. The van der Waals surface area contributed by atoms with E-state index in [1.54, 1.807) is 25.1 Å². The lowest BCUT2D eigenvalue weighted by atomic mass is 9.64. The molecule has 1 saturated heterocycles. The van der Waals surface area contributed by atoms with Gasteiger partial charge in [0.15, 0.2) is 6.10 Å². The topological polar surface area (TPSA) is 117 Å². The molecular formula is C22H28N4O5. The first-order valence-corrected chi connectivity index (χ1v) is 10.5. The van der Waals surface area contributed by atoms with E-state index in [1.807, 2.05) is 0 Å². The Hall–Kier alpha value is -3.10. The van der Waals surface area contributed by atoms with Gasteiger partial charge < -0.3 is 20.7 Å². The van der Waals surface area contributed by atoms with Crippen molar-refractivity contribution in [2.24, 2.45) is 11.3 Å². The summed E-state index contributed by atoms with van der Waals surface area (Å²) in [6.45, 7) is 7.54. The smallest absolute Gasteiger partial charge is 0.325 e. The quantitative estimate of drug-likeness (QED) is 0.640. The van der Waals surface area contributed by atoms with Crippen LogP contribution in [0, 0.1) is 11.3 Å². The summed E-state index contributed by atoms with van der Waals surface area (Å²) in [6, 6.07) is 4.33. The van der Waals surface area contributed by atoms with Gasteiger partial charge in [-0.3, -0.25) is 19.3 Å². The molecule has 1 aliphatic carbocycles. The highest BCUT2D eigenvalue weighted by Crippen LogP contribution is 2.46. The standard InChI is InChI=1S/C22H28N4O5/c1-12-8-21(3,4)11-22(9-12)19(29)26(20(30)25-22)10-17(27)23-14-5-6-16-15(7-14)24-18(28)13(2)31-16/h5-7,12-13H,8-11H2,1-4H3,(H,23,27)(H,24,28)(H,25,30)/t12-,13-,22-/m1/s1. The second kappa shape index (κ2) is 7.25. The normalized spacial score (nSPS) is 29.2. The van der Waals surface area contributed by atoms with Crippen LogP contribution in [0.2, 0.25) is 0 Å². The number of anilines is 2. The number of hydrogen-bond donors (Lipinski definition) is 3. The number of nitrogens with one attached hydrogen (secondary N) is 3. The van der Waals surface area contributed by atoms with Crippen LogP contribution in [0.1, 0.15) is 47.0 Å². The number of fused-ring (bicyclic) bond motifs is 1. The number of urea groups is 1. The van der Waals surface area contributed by atoms with Gasteiger partial charge in [-0.1, -0.05) is 20.8 Å². The molecule has 3 atom stereocenters. The molecule has 9 heteroatoms. The second-order valence-electron chi connectivity index (χ2n) is 9.77. The summed E-state index contributed by atoms with van der Waals surface area (Å²) < 4.78 is 5.50. The summed E-state index contributed by atoms with van der Waals surface area (Å²) >= 11 is 0. The Balaban J connectivity index is 1.45. The molecule has 3 aliphatic rings. The van der Waals surface area contributed by atoms with E-state index in [2.05, 4.69) is 36.7 Å². The van der Waals surface area contributed by atoms with Crippen LogP contribution in [0.25, 0.3) is 0 Å². The number of imide groups is 1. The van der Waals surface area contributed by atoms with Crippen molar-refractivity contribution in [1.29, 1.82) is 0 Å². The third-order valence-electron chi connectivity index (χ3n) is 6.12. The van der Waals surface area contributed by atoms with Crippen molar-refractivity contribution >= 4 is 35.1 Å². The van der Waals surface area contributed by atoms with E-state index in [4.69, 9.17) is 4.74 Å². The van der Waals surface area contributed by atoms with Gasteiger partial charge in [0.1, 0.15) is 17.8 Å². The van der Waals surface area contributed by atoms with Gasteiger partial charge in [0, 0.05) is 5.69 Å². The first-order valence-electron chi connectivity index (χ1n) is 10.5. The minimum absolute atomic E-state index is 0.0774. The first kappa shape index (κ1) is 21.1. The monoisotopic (exact) mass is 428 g/mol. The lowest BCUT2D eigenvalue weighted by Crippen LogP contribution is -2.54. The van der Waals surface area contributed by atoms with Crippen LogP contribution >= 0.6 is 0 Å². The fourth-order valence-corrected chi connectivity index (χ4v) is 5.28. The van der Waals surface area contributed by atoms with E-state index in [9.17, 15) is 19.2 Å². The van der Waals surface area contributed by atoms with Crippen LogP contribution in [-0.4, -0.2) is 46.8 Å². The van der Waals surface area contributed by atoms with Crippen LogP contribution in [0.5, 0.6) is 5.75 Å². The molecular weight excluding hydrogens is 400 g/mol. The van der Waals surface area contributed by atoms with Crippen molar-refractivity contribution in [3.63, 3.8) is 0 Å². The summed E-state index contributed by atoms with van der Waals surface area (Å²) in [5, 5.41) is 8.27. The molecule has 1 spiro atoms. The molecule has 1 aromatic rings. The van der Waals surface area contributed by atoms with Gasteiger partial charge in [-0.25, -0.2) is 4.79 Å². The third-order valence-corrected chi connectivity index (χ3v) is 6.12. The van der Waals surface area contributed by atoms with Crippen LogP contribution in [-0.2, 0) is 14.4 Å². The van der Waals surface area contributed by atoms with Gasteiger partial charge >= 0.3 is 6.03 Å². The number of benzene rings is 1. The third kappa shape index (κ3) is 3.96. The summed E-state index contributed by atoms with van der Waals surface area (Å²) in [6.07, 6.45) is 1.51. The Labute approximate surface area is 180 Å². The average Bonchev–Trinajstić information content (AvgIpc) is 2.84. The Morgan fingerprint density at radius 2 is 1.97 bits per heavy atom. The molecule has 1 aromatic carbocycles. The van der Waals surface area contributed by atoms with Gasteiger partial charge in [-0.2, -0.15) is 0 Å². The first-order chi connectivity index (χ1) is 14.5. The van der Waals surface area contributed by atoms with Gasteiger partial charge in [0.25, 0.3) is 11.8 Å². The van der Waals surface area contributed by atoms with Crippen molar-refractivity contribution in [1.82, 2.24) is 10.2 Å². The van der Waals surface area contributed by atoms with Gasteiger partial charge in [-0.15, -0.1) is 0 Å². The molecule has 4 rings (SSSR count). The van der Waals surface area contributed by atoms with E-state index in [0.29, 0.717) is 30.0 Å². The molecule has 0 unspecified atom stereocenters. The molecule has 0 aromatic heterocycles. The van der Waals surface area contributed by atoms with E-state index >= 15 is 0 Å². The Bertz CT molecular complexity index is 975. The maximum absolute atomic E-state index is 13.2. The van der Waals surface area contributed by atoms with Crippen LogP contribution in [0.15, 0.2) is 18.2 Å². The number of amides is 5. The number of ether oxygens (including phenoxy) is 1. The number of carbonyl (C=O) groups is 4. The maximum Gasteiger partial charge on any atom is 0.325 e. The zero-order valence-electron chi connectivity index (χ0n) is 18.2. The summed E-state index contributed by atoms with van der Waals surface area (Å²) in [7, 11) is 0. The summed E-state index contributed by atoms with van der Waals surface area (Å²) in [4.78, 5) is 51.1. The Kier molecular flexibility index (Phi) is 4.94. The highest BCUT2D eigenvalue weighted by Gasteiger charge is 2.56. The second-order valence-corrected chi connectivity index (χ2v) is 9.77. The fraction of sp³-hybridized carbons (Fsp3) is 0.545. The molecule has 0 radical (unpaired) electrons. The van der Waals surface area contributed by atoms with E-state index in [-0.39, 0.29) is 29.7 Å². The Morgan fingerprint density at radius 3 is 2.68 bits per heavy atom. The van der Waals surface area contributed by atoms with Crippen LogP contribution < -0.4 is 20.7 Å². The van der Waals surface area contributed by atoms with Crippen molar-refractivity contribution in [2.45, 2.75) is 58.6 Å². The molecule has 2 aliphatic heterocycles. The van der Waals surface area contributed by atoms with Crippen LogP contribution in [0.4, 0.5) is 16.2 Å². The SMILES string of the molecule is C[C@@H]1CC(C)(C)C[C@@]2(C1)NC(=O)N(CC(=O)Nc1ccc3c(c1)NC(=O)[C@@H](C)O3)C2=O. The van der Waals surface area contributed by atoms with Gasteiger partial charge in [0.2, 0.25) is 5.91 Å². The largest absolute Gasteiger partial charge is 0.479 e. The van der Waals surface area contributed by atoms with E-state index < -0.39 is 23.6 Å². The Morgan fingerprint density at radius 1 is 1.23 bits per heavy atom. The molecule has 2 fully saturated rings. The van der Waals surface area contributed by atoms with Crippen LogP contribution in [0.3, 0.4) is 0 Å². The van der Waals surface area contributed by atoms with Crippen molar-refractivity contribution < 1.29 is 23.9 Å². The molecule has 5 amide bonds. The molecule has 1 saturated carbocycles. The van der Waals surface area contributed by atoms with E-state index in [0.717, 1.165) is 11.3 Å².